The lowest BCUT2D eigenvalue weighted by Gasteiger charge is -2.11. The number of aromatic nitrogens is 3. The molecule has 0 atom stereocenters. The number of hydrogen-bond acceptors (Lipinski definition) is 5. The van der Waals surface area contributed by atoms with Gasteiger partial charge in [-0.05, 0) is 57.6 Å². The number of furan rings is 2. The molecule has 0 saturated heterocycles. The predicted octanol–water partition coefficient (Wildman–Crippen LogP) is 12.6. The molecule has 0 aliphatic heterocycles. The summed E-state index contributed by atoms with van der Waals surface area (Å²) >= 11 is 0. The van der Waals surface area contributed by atoms with Gasteiger partial charge in [0.1, 0.15) is 22.3 Å². The summed E-state index contributed by atoms with van der Waals surface area (Å²) in [6.45, 7) is 0. The van der Waals surface area contributed by atoms with E-state index in [0.717, 1.165) is 93.2 Å². The van der Waals surface area contributed by atoms with Crippen LogP contribution < -0.4 is 0 Å². The first-order valence-electron chi connectivity index (χ1n) is 17.4. The van der Waals surface area contributed by atoms with Gasteiger partial charge in [0.25, 0.3) is 0 Å². The van der Waals surface area contributed by atoms with Gasteiger partial charge in [-0.1, -0.05) is 133 Å². The van der Waals surface area contributed by atoms with Crippen LogP contribution in [-0.2, 0) is 0 Å². The van der Waals surface area contributed by atoms with E-state index in [1.54, 1.807) is 0 Å². The zero-order valence-corrected chi connectivity index (χ0v) is 27.7. The van der Waals surface area contributed by atoms with Crippen molar-refractivity contribution in [1.29, 1.82) is 0 Å². The van der Waals surface area contributed by atoms with Gasteiger partial charge in [-0.25, -0.2) is 15.0 Å². The van der Waals surface area contributed by atoms with Gasteiger partial charge in [0.15, 0.2) is 17.5 Å². The summed E-state index contributed by atoms with van der Waals surface area (Å²) < 4.78 is 13.0. The third-order valence-corrected chi connectivity index (χ3v) is 10.1. The summed E-state index contributed by atoms with van der Waals surface area (Å²) in [6, 6.07) is 56.3. The van der Waals surface area contributed by atoms with Crippen LogP contribution in [0.25, 0.3) is 111 Å². The first-order valence-corrected chi connectivity index (χ1v) is 17.4. The van der Waals surface area contributed by atoms with Crippen LogP contribution in [-0.4, -0.2) is 15.0 Å². The SMILES string of the molecule is c1ccc(-c2cc3c(oc4cccc(-c5nc(-c6ccc7ccccc7c6)nc(-c6cccc7oc8ccccc8c67)n5)c43)c3ccccc23)cc1. The molecule has 0 amide bonds. The number of fused-ring (bicyclic) bond motifs is 9. The fraction of sp³-hybridized carbons (Fsp3) is 0. The summed E-state index contributed by atoms with van der Waals surface area (Å²) in [4.78, 5) is 15.7. The number of rotatable bonds is 4. The Hall–Kier alpha value is -7.11. The van der Waals surface area contributed by atoms with E-state index < -0.39 is 0 Å². The lowest BCUT2D eigenvalue weighted by molar-refractivity contribution is 0.669. The Kier molecular flexibility index (Phi) is 6.18. The summed E-state index contributed by atoms with van der Waals surface area (Å²) in [7, 11) is 0. The largest absolute Gasteiger partial charge is 0.456 e. The molecule has 242 valence electrons. The monoisotopic (exact) mass is 665 g/mol. The highest BCUT2D eigenvalue weighted by Crippen LogP contribution is 2.43. The molecule has 52 heavy (non-hydrogen) atoms. The Balaban J connectivity index is 1.22. The molecular weight excluding hydrogens is 639 g/mol. The summed E-state index contributed by atoms with van der Waals surface area (Å²) in [5.41, 5.74) is 8.20. The minimum atomic E-state index is 0.570. The van der Waals surface area contributed by atoms with Crippen LogP contribution in [0.4, 0.5) is 0 Å². The molecule has 3 heterocycles. The number of benzene rings is 8. The molecule has 0 N–H and O–H groups in total. The highest BCUT2D eigenvalue weighted by Gasteiger charge is 2.22. The number of para-hydroxylation sites is 1. The second-order valence-corrected chi connectivity index (χ2v) is 13.1. The molecule has 0 fully saturated rings. The van der Waals surface area contributed by atoms with Crippen molar-refractivity contribution in [2.24, 2.45) is 0 Å². The molecule has 5 nitrogen and oxygen atoms in total. The second-order valence-electron chi connectivity index (χ2n) is 13.1. The Labute approximate surface area is 297 Å². The average Bonchev–Trinajstić information content (AvgIpc) is 3.79. The van der Waals surface area contributed by atoms with Crippen molar-refractivity contribution in [3.8, 4) is 45.3 Å². The quantitative estimate of drug-likeness (QED) is 0.187. The summed E-state index contributed by atoms with van der Waals surface area (Å²) in [6.07, 6.45) is 0. The van der Waals surface area contributed by atoms with Gasteiger partial charge in [-0.3, -0.25) is 0 Å². The van der Waals surface area contributed by atoms with E-state index in [9.17, 15) is 0 Å². The lowest BCUT2D eigenvalue weighted by atomic mass is 9.94. The zero-order valence-electron chi connectivity index (χ0n) is 27.7. The van der Waals surface area contributed by atoms with Crippen molar-refractivity contribution in [2.75, 3.05) is 0 Å². The fourth-order valence-electron chi connectivity index (χ4n) is 7.73. The number of nitrogens with zero attached hydrogens (tertiary/aromatic N) is 3. The molecule has 11 aromatic rings. The molecule has 0 radical (unpaired) electrons. The molecule has 5 heteroatoms. The maximum Gasteiger partial charge on any atom is 0.164 e. The Morgan fingerprint density at radius 2 is 0.923 bits per heavy atom. The van der Waals surface area contributed by atoms with Crippen molar-refractivity contribution in [3.63, 3.8) is 0 Å². The average molecular weight is 666 g/mol. The van der Waals surface area contributed by atoms with E-state index in [-0.39, 0.29) is 0 Å². The maximum absolute atomic E-state index is 6.71. The van der Waals surface area contributed by atoms with Gasteiger partial charge in [0.05, 0.1) is 0 Å². The molecule has 11 rings (SSSR count). The molecule has 3 aromatic heterocycles. The van der Waals surface area contributed by atoms with Crippen molar-refractivity contribution in [3.05, 3.63) is 164 Å². The smallest absolute Gasteiger partial charge is 0.164 e. The minimum Gasteiger partial charge on any atom is -0.456 e. The van der Waals surface area contributed by atoms with E-state index >= 15 is 0 Å². The topological polar surface area (TPSA) is 65.0 Å². The Morgan fingerprint density at radius 1 is 0.327 bits per heavy atom. The predicted molar refractivity (Wildman–Crippen MR) is 211 cm³/mol. The summed E-state index contributed by atoms with van der Waals surface area (Å²) in [5, 5.41) is 8.46. The first kappa shape index (κ1) is 28.7. The van der Waals surface area contributed by atoms with E-state index in [0.29, 0.717) is 17.5 Å². The molecule has 0 unspecified atom stereocenters. The van der Waals surface area contributed by atoms with E-state index in [1.165, 1.54) is 0 Å². The third kappa shape index (κ3) is 4.39. The highest BCUT2D eigenvalue weighted by atomic mass is 16.3. The zero-order chi connectivity index (χ0) is 34.2. The van der Waals surface area contributed by atoms with E-state index in [4.69, 9.17) is 23.8 Å². The van der Waals surface area contributed by atoms with Gasteiger partial charge in [-0.2, -0.15) is 0 Å². The van der Waals surface area contributed by atoms with Crippen LogP contribution in [0, 0.1) is 0 Å². The molecule has 0 spiro atoms. The van der Waals surface area contributed by atoms with Crippen LogP contribution in [0.15, 0.2) is 173 Å². The van der Waals surface area contributed by atoms with E-state index in [1.807, 2.05) is 48.5 Å². The van der Waals surface area contributed by atoms with Crippen molar-refractivity contribution < 1.29 is 8.83 Å². The molecule has 8 aromatic carbocycles. The van der Waals surface area contributed by atoms with Crippen LogP contribution >= 0.6 is 0 Å². The molecule has 0 saturated carbocycles. The van der Waals surface area contributed by atoms with Gasteiger partial charge in [0, 0.05) is 43.6 Å². The van der Waals surface area contributed by atoms with Gasteiger partial charge in [0.2, 0.25) is 0 Å². The standard InChI is InChI=1S/C47H27N3O2/c1-2-13-29(14-3-1)37-27-38-43-36(20-11-23-41(43)52-44(38)33-17-7-6-16-32(33)37)47-49-45(31-25-24-28-12-4-5-15-30(28)26-31)48-46(50-47)35-19-10-22-40-42(35)34-18-8-9-21-39(34)51-40/h1-27H. The molecule has 0 aliphatic carbocycles. The second kappa shape index (κ2) is 11.2. The van der Waals surface area contributed by atoms with Gasteiger partial charge >= 0.3 is 0 Å². The number of hydrogen-bond donors (Lipinski definition) is 0. The summed E-state index contributed by atoms with van der Waals surface area (Å²) in [5.74, 6) is 1.74. The molecular formula is C47H27N3O2. The highest BCUT2D eigenvalue weighted by molar-refractivity contribution is 6.22. The minimum absolute atomic E-state index is 0.570. The van der Waals surface area contributed by atoms with Crippen molar-refractivity contribution >= 4 is 65.4 Å². The molecule has 0 bridgehead atoms. The maximum atomic E-state index is 6.71. The fourth-order valence-corrected chi connectivity index (χ4v) is 7.73. The van der Waals surface area contributed by atoms with Crippen LogP contribution in [0.5, 0.6) is 0 Å². The van der Waals surface area contributed by atoms with Crippen LogP contribution in [0.3, 0.4) is 0 Å². The van der Waals surface area contributed by atoms with Crippen LogP contribution in [0.1, 0.15) is 0 Å². The molecule has 0 aliphatic rings. The normalized spacial score (nSPS) is 11.8. The van der Waals surface area contributed by atoms with Crippen molar-refractivity contribution in [2.45, 2.75) is 0 Å². The van der Waals surface area contributed by atoms with E-state index in [2.05, 4.69) is 115 Å². The van der Waals surface area contributed by atoms with Crippen molar-refractivity contribution in [1.82, 2.24) is 15.0 Å². The Bertz CT molecular complexity index is 3190. The van der Waals surface area contributed by atoms with Gasteiger partial charge < -0.3 is 8.83 Å². The van der Waals surface area contributed by atoms with Gasteiger partial charge in [-0.15, -0.1) is 0 Å². The Morgan fingerprint density at radius 3 is 1.71 bits per heavy atom. The first-order chi connectivity index (χ1) is 25.8. The lowest BCUT2D eigenvalue weighted by Crippen LogP contribution is -2.00. The third-order valence-electron chi connectivity index (χ3n) is 10.1. The van der Waals surface area contributed by atoms with Crippen LogP contribution in [0.2, 0.25) is 0 Å².